The van der Waals surface area contributed by atoms with Gasteiger partial charge in [-0.15, -0.1) is 0 Å². The summed E-state index contributed by atoms with van der Waals surface area (Å²) >= 11 is 6.19. The molecule has 0 saturated carbocycles. The number of likely N-dealkylation sites (tertiary alicyclic amines) is 1. The van der Waals surface area contributed by atoms with Crippen LogP contribution in [0.2, 0.25) is 5.02 Å². The summed E-state index contributed by atoms with van der Waals surface area (Å²) < 4.78 is 0. The summed E-state index contributed by atoms with van der Waals surface area (Å²) in [6, 6.07) is 8.90. The lowest BCUT2D eigenvalue weighted by atomic mass is 10.0. The van der Waals surface area contributed by atoms with Gasteiger partial charge in [0, 0.05) is 17.6 Å². The van der Waals surface area contributed by atoms with E-state index < -0.39 is 0 Å². The molecule has 1 heterocycles. The topological polar surface area (TPSA) is 6.48 Å². The monoisotopic (exact) mass is 252 g/mol. The zero-order chi connectivity index (χ0) is 12.3. The Morgan fingerprint density at radius 3 is 2.47 bits per heavy atom. The Hall–Kier alpha value is -0.570. The first kappa shape index (κ1) is 12.9. The first-order valence-electron chi connectivity index (χ1n) is 6.29. The smallest absolute Gasteiger partial charge is 0.0451 e. The van der Waals surface area contributed by atoms with Crippen LogP contribution in [0.1, 0.15) is 18.4 Å². The van der Waals surface area contributed by atoms with Crippen LogP contribution in [-0.2, 0) is 6.54 Å². The van der Waals surface area contributed by atoms with Crippen molar-refractivity contribution in [2.24, 2.45) is 0 Å². The van der Waals surface area contributed by atoms with Gasteiger partial charge in [0.15, 0.2) is 0 Å². The van der Waals surface area contributed by atoms with Crippen LogP contribution in [0.25, 0.3) is 0 Å². The van der Waals surface area contributed by atoms with E-state index in [4.69, 9.17) is 11.6 Å². The van der Waals surface area contributed by atoms with Gasteiger partial charge in [0.05, 0.1) is 0 Å². The maximum Gasteiger partial charge on any atom is 0.0451 e. The van der Waals surface area contributed by atoms with Gasteiger partial charge in [0.2, 0.25) is 0 Å². The third-order valence-electron chi connectivity index (χ3n) is 3.64. The molecule has 0 amide bonds. The molecule has 2 nitrogen and oxygen atoms in total. The number of rotatable bonds is 3. The molecule has 0 unspecified atom stereocenters. The maximum atomic E-state index is 6.19. The molecule has 0 spiro atoms. The summed E-state index contributed by atoms with van der Waals surface area (Å²) in [4.78, 5) is 4.84. The van der Waals surface area contributed by atoms with E-state index in [1.54, 1.807) is 0 Å². The van der Waals surface area contributed by atoms with E-state index in [1.807, 2.05) is 12.1 Å². The summed E-state index contributed by atoms with van der Waals surface area (Å²) in [5.41, 5.74) is 1.25. The molecule has 94 valence electrons. The quantitative estimate of drug-likeness (QED) is 0.816. The third-order valence-corrected chi connectivity index (χ3v) is 4.01. The first-order chi connectivity index (χ1) is 8.16. The van der Waals surface area contributed by atoms with Crippen molar-refractivity contribution in [2.45, 2.75) is 25.4 Å². The highest BCUT2D eigenvalue weighted by molar-refractivity contribution is 6.31. The van der Waals surface area contributed by atoms with Crippen molar-refractivity contribution in [3.05, 3.63) is 34.9 Å². The molecule has 2 rings (SSSR count). The lowest BCUT2D eigenvalue weighted by Crippen LogP contribution is -2.41. The zero-order valence-corrected chi connectivity index (χ0v) is 11.5. The van der Waals surface area contributed by atoms with Crippen LogP contribution in [0.5, 0.6) is 0 Å². The summed E-state index contributed by atoms with van der Waals surface area (Å²) in [5.74, 6) is 0. The molecule has 0 N–H and O–H groups in total. The predicted octanol–water partition coefficient (Wildman–Crippen LogP) is 2.87. The number of piperidine rings is 1. The average Bonchev–Trinajstić information content (AvgIpc) is 2.33. The van der Waals surface area contributed by atoms with Crippen LogP contribution in [-0.4, -0.2) is 43.0 Å². The van der Waals surface area contributed by atoms with Crippen LogP contribution >= 0.6 is 11.6 Å². The summed E-state index contributed by atoms with van der Waals surface area (Å²) in [7, 11) is 4.35. The fourth-order valence-electron chi connectivity index (χ4n) is 2.46. The Kier molecular flexibility index (Phi) is 4.43. The highest BCUT2D eigenvalue weighted by atomic mass is 35.5. The van der Waals surface area contributed by atoms with E-state index in [0.29, 0.717) is 0 Å². The van der Waals surface area contributed by atoms with Crippen molar-refractivity contribution < 1.29 is 0 Å². The van der Waals surface area contributed by atoms with Crippen LogP contribution in [0.4, 0.5) is 0 Å². The Bertz CT molecular complexity index is 357. The largest absolute Gasteiger partial charge is 0.306 e. The van der Waals surface area contributed by atoms with E-state index in [1.165, 1.54) is 31.5 Å². The van der Waals surface area contributed by atoms with Gasteiger partial charge in [0.1, 0.15) is 0 Å². The third kappa shape index (κ3) is 3.44. The van der Waals surface area contributed by atoms with E-state index in [0.717, 1.165) is 17.6 Å². The predicted molar refractivity (Wildman–Crippen MR) is 73.4 cm³/mol. The van der Waals surface area contributed by atoms with Crippen LogP contribution in [0.3, 0.4) is 0 Å². The summed E-state index contributed by atoms with van der Waals surface area (Å²) in [6.45, 7) is 3.34. The van der Waals surface area contributed by atoms with Gasteiger partial charge in [-0.3, -0.25) is 4.90 Å². The number of hydrogen-bond donors (Lipinski definition) is 0. The zero-order valence-electron chi connectivity index (χ0n) is 10.7. The number of hydrogen-bond acceptors (Lipinski definition) is 2. The van der Waals surface area contributed by atoms with Gasteiger partial charge in [-0.2, -0.15) is 0 Å². The summed E-state index contributed by atoms with van der Waals surface area (Å²) in [6.07, 6.45) is 2.52. The van der Waals surface area contributed by atoms with Crippen molar-refractivity contribution in [1.29, 1.82) is 0 Å². The van der Waals surface area contributed by atoms with Crippen molar-refractivity contribution in [3.63, 3.8) is 0 Å². The van der Waals surface area contributed by atoms with E-state index in [9.17, 15) is 0 Å². The van der Waals surface area contributed by atoms with Crippen molar-refractivity contribution >= 4 is 11.6 Å². The lowest BCUT2D eigenvalue weighted by Gasteiger charge is -2.35. The van der Waals surface area contributed by atoms with Gasteiger partial charge in [-0.1, -0.05) is 29.8 Å². The minimum Gasteiger partial charge on any atom is -0.306 e. The van der Waals surface area contributed by atoms with Gasteiger partial charge >= 0.3 is 0 Å². The molecule has 17 heavy (non-hydrogen) atoms. The van der Waals surface area contributed by atoms with Gasteiger partial charge in [-0.05, 0) is 51.7 Å². The second-order valence-corrected chi connectivity index (χ2v) is 5.47. The maximum absolute atomic E-state index is 6.19. The number of halogens is 1. The molecule has 0 atom stereocenters. The standard InChI is InChI=1S/C14H21ClN2/c1-16(2)13-7-9-17(10-8-13)11-12-5-3-4-6-14(12)15/h3-6,13H,7-11H2,1-2H3. The lowest BCUT2D eigenvalue weighted by molar-refractivity contribution is 0.140. The molecular formula is C14H21ClN2. The van der Waals surface area contributed by atoms with Crippen LogP contribution < -0.4 is 0 Å². The second kappa shape index (κ2) is 5.85. The Morgan fingerprint density at radius 2 is 1.88 bits per heavy atom. The molecule has 1 fully saturated rings. The van der Waals surface area contributed by atoms with E-state index in [2.05, 4.69) is 36.0 Å². The van der Waals surface area contributed by atoms with Crippen molar-refractivity contribution in [2.75, 3.05) is 27.2 Å². The van der Waals surface area contributed by atoms with Crippen LogP contribution in [0.15, 0.2) is 24.3 Å². The molecule has 1 saturated heterocycles. The number of benzene rings is 1. The molecule has 1 aliphatic heterocycles. The minimum atomic E-state index is 0.748. The van der Waals surface area contributed by atoms with Crippen molar-refractivity contribution in [1.82, 2.24) is 9.80 Å². The molecule has 0 radical (unpaired) electrons. The molecule has 0 aliphatic carbocycles. The Labute approximate surface area is 109 Å². The summed E-state index contributed by atoms with van der Waals surface area (Å²) in [5, 5.41) is 0.891. The minimum absolute atomic E-state index is 0.748. The fourth-order valence-corrected chi connectivity index (χ4v) is 2.66. The molecule has 1 aromatic carbocycles. The van der Waals surface area contributed by atoms with Gasteiger partial charge in [0.25, 0.3) is 0 Å². The first-order valence-corrected chi connectivity index (χ1v) is 6.67. The molecule has 1 aliphatic rings. The number of nitrogens with zero attached hydrogens (tertiary/aromatic N) is 2. The molecule has 0 aromatic heterocycles. The Balaban J connectivity index is 1.88. The normalized spacial score (nSPS) is 18.8. The Morgan fingerprint density at radius 1 is 1.24 bits per heavy atom. The molecule has 3 heteroatoms. The van der Waals surface area contributed by atoms with Gasteiger partial charge in [-0.25, -0.2) is 0 Å². The highest BCUT2D eigenvalue weighted by Gasteiger charge is 2.20. The fraction of sp³-hybridized carbons (Fsp3) is 0.571. The molecular weight excluding hydrogens is 232 g/mol. The SMILES string of the molecule is CN(C)C1CCN(Cc2ccccc2Cl)CC1. The van der Waals surface area contributed by atoms with E-state index >= 15 is 0 Å². The average molecular weight is 253 g/mol. The van der Waals surface area contributed by atoms with Gasteiger partial charge < -0.3 is 4.90 Å². The van der Waals surface area contributed by atoms with E-state index in [-0.39, 0.29) is 0 Å². The highest BCUT2D eigenvalue weighted by Crippen LogP contribution is 2.20. The van der Waals surface area contributed by atoms with Crippen LogP contribution in [0, 0.1) is 0 Å². The molecule has 0 bridgehead atoms. The van der Waals surface area contributed by atoms with Crippen molar-refractivity contribution in [3.8, 4) is 0 Å². The molecule has 1 aromatic rings. The second-order valence-electron chi connectivity index (χ2n) is 5.06.